The first kappa shape index (κ1) is 15.7. The van der Waals surface area contributed by atoms with Crippen LogP contribution in [0.3, 0.4) is 0 Å². The number of benzene rings is 1. The van der Waals surface area contributed by atoms with E-state index in [1.807, 2.05) is 18.2 Å². The van der Waals surface area contributed by atoms with E-state index in [4.69, 9.17) is 4.74 Å². The van der Waals surface area contributed by atoms with Gasteiger partial charge in [0, 0.05) is 23.0 Å². The molecule has 1 aromatic rings. The summed E-state index contributed by atoms with van der Waals surface area (Å²) in [4.78, 5) is 12.1. The molecule has 5 heteroatoms. The molecule has 1 aliphatic heterocycles. The smallest absolute Gasteiger partial charge is 0.315 e. The molecule has 1 atom stereocenters. The summed E-state index contributed by atoms with van der Waals surface area (Å²) in [5.74, 6) is 1.67. The fourth-order valence-corrected chi connectivity index (χ4v) is 3.79. The normalized spacial score (nSPS) is 21.0. The molecule has 2 aliphatic rings. The van der Waals surface area contributed by atoms with Crippen LogP contribution in [0.25, 0.3) is 0 Å². The molecule has 1 heterocycles. The van der Waals surface area contributed by atoms with Crippen LogP contribution in [-0.4, -0.2) is 19.2 Å². The Balaban J connectivity index is 1.50. The van der Waals surface area contributed by atoms with Crippen LogP contribution in [0.4, 0.5) is 4.79 Å². The van der Waals surface area contributed by atoms with Gasteiger partial charge in [-0.15, -0.1) is 0 Å². The average Bonchev–Trinajstić information content (AvgIpc) is 3.01. The first-order valence-electron chi connectivity index (χ1n) is 8.19. The highest BCUT2D eigenvalue weighted by molar-refractivity contribution is 9.10. The van der Waals surface area contributed by atoms with Crippen molar-refractivity contribution in [3.8, 4) is 5.75 Å². The fraction of sp³-hybridized carbons (Fsp3) is 0.588. The molecule has 1 aromatic carbocycles. The van der Waals surface area contributed by atoms with Gasteiger partial charge in [-0.3, -0.25) is 0 Å². The predicted molar refractivity (Wildman–Crippen MR) is 90.1 cm³/mol. The number of urea groups is 1. The molecular weight excluding hydrogens is 344 g/mol. The number of nitrogens with one attached hydrogen (secondary N) is 2. The van der Waals surface area contributed by atoms with Gasteiger partial charge in [-0.2, -0.15) is 0 Å². The van der Waals surface area contributed by atoms with E-state index in [0.717, 1.165) is 41.1 Å². The van der Waals surface area contributed by atoms with Crippen LogP contribution >= 0.6 is 15.9 Å². The molecule has 1 fully saturated rings. The van der Waals surface area contributed by atoms with Crippen LogP contribution in [0, 0.1) is 5.92 Å². The van der Waals surface area contributed by atoms with E-state index < -0.39 is 0 Å². The fourth-order valence-electron chi connectivity index (χ4n) is 3.41. The zero-order valence-electron chi connectivity index (χ0n) is 12.7. The second-order valence-electron chi connectivity index (χ2n) is 6.21. The molecule has 2 N–H and O–H groups in total. The Morgan fingerprint density at radius 3 is 2.91 bits per heavy atom. The number of rotatable bonds is 4. The Labute approximate surface area is 140 Å². The van der Waals surface area contributed by atoms with Crippen LogP contribution in [-0.2, 0) is 0 Å². The van der Waals surface area contributed by atoms with Gasteiger partial charge in [-0.1, -0.05) is 41.6 Å². The van der Waals surface area contributed by atoms with Crippen molar-refractivity contribution in [2.45, 2.75) is 44.6 Å². The predicted octanol–water partition coefficient (Wildman–Crippen LogP) is 4.15. The van der Waals surface area contributed by atoms with Crippen molar-refractivity contribution in [3.05, 3.63) is 28.2 Å². The topological polar surface area (TPSA) is 50.4 Å². The highest BCUT2D eigenvalue weighted by Gasteiger charge is 2.23. The Bertz CT molecular complexity index is 529. The SMILES string of the molecule is O=C(NCCC1CCCC1)NC1CCOc2ccc(Br)cc21. The van der Waals surface area contributed by atoms with E-state index in [2.05, 4.69) is 26.6 Å². The highest BCUT2D eigenvalue weighted by Crippen LogP contribution is 2.34. The summed E-state index contributed by atoms with van der Waals surface area (Å²) in [7, 11) is 0. The van der Waals surface area contributed by atoms with Crippen molar-refractivity contribution < 1.29 is 9.53 Å². The molecule has 1 saturated carbocycles. The van der Waals surface area contributed by atoms with E-state index in [0.29, 0.717) is 6.61 Å². The maximum atomic E-state index is 12.1. The van der Waals surface area contributed by atoms with Crippen LogP contribution in [0.5, 0.6) is 5.75 Å². The van der Waals surface area contributed by atoms with E-state index in [9.17, 15) is 4.79 Å². The third-order valence-electron chi connectivity index (χ3n) is 4.63. The number of fused-ring (bicyclic) bond motifs is 1. The Morgan fingerprint density at radius 1 is 1.27 bits per heavy atom. The van der Waals surface area contributed by atoms with Crippen molar-refractivity contribution in [1.82, 2.24) is 10.6 Å². The minimum atomic E-state index is -0.0733. The molecule has 4 nitrogen and oxygen atoms in total. The standard InChI is InChI=1S/C17H23BrN2O2/c18-13-5-6-16-14(11-13)15(8-10-22-16)20-17(21)19-9-7-12-3-1-2-4-12/h5-6,11-12,15H,1-4,7-10H2,(H2,19,20,21). The largest absolute Gasteiger partial charge is 0.493 e. The highest BCUT2D eigenvalue weighted by atomic mass is 79.9. The molecule has 0 aromatic heterocycles. The van der Waals surface area contributed by atoms with Gasteiger partial charge in [0.05, 0.1) is 12.6 Å². The van der Waals surface area contributed by atoms with Crippen molar-refractivity contribution >= 4 is 22.0 Å². The molecule has 1 aliphatic carbocycles. The van der Waals surface area contributed by atoms with Crippen molar-refractivity contribution in [2.75, 3.05) is 13.2 Å². The van der Waals surface area contributed by atoms with Crippen molar-refractivity contribution in [1.29, 1.82) is 0 Å². The van der Waals surface area contributed by atoms with Crippen LogP contribution in [0.2, 0.25) is 0 Å². The van der Waals surface area contributed by atoms with E-state index in [1.54, 1.807) is 0 Å². The third kappa shape index (κ3) is 3.94. The monoisotopic (exact) mass is 366 g/mol. The molecule has 0 saturated heterocycles. The van der Waals surface area contributed by atoms with Gasteiger partial charge in [0.15, 0.2) is 0 Å². The number of carbonyl (C=O) groups excluding carboxylic acids is 1. The first-order chi connectivity index (χ1) is 10.7. The Hall–Kier alpha value is -1.23. The summed E-state index contributed by atoms with van der Waals surface area (Å²) in [6.45, 7) is 1.41. The summed E-state index contributed by atoms with van der Waals surface area (Å²) in [6, 6.07) is 5.88. The Morgan fingerprint density at radius 2 is 2.09 bits per heavy atom. The second kappa shape index (κ2) is 7.36. The summed E-state index contributed by atoms with van der Waals surface area (Å²) >= 11 is 3.48. The summed E-state index contributed by atoms with van der Waals surface area (Å²) in [5, 5.41) is 6.08. The van der Waals surface area contributed by atoms with E-state index >= 15 is 0 Å². The number of hydrogen-bond acceptors (Lipinski definition) is 2. The lowest BCUT2D eigenvalue weighted by Crippen LogP contribution is -2.40. The van der Waals surface area contributed by atoms with Gasteiger partial charge in [-0.25, -0.2) is 4.79 Å². The van der Waals surface area contributed by atoms with Crippen molar-refractivity contribution in [2.24, 2.45) is 5.92 Å². The molecule has 1 unspecified atom stereocenters. The minimum absolute atomic E-state index is 0.0210. The van der Waals surface area contributed by atoms with Crippen LogP contribution < -0.4 is 15.4 Å². The summed E-state index contributed by atoms with van der Waals surface area (Å²) < 4.78 is 6.65. The zero-order valence-corrected chi connectivity index (χ0v) is 14.3. The molecule has 120 valence electrons. The lowest BCUT2D eigenvalue weighted by Gasteiger charge is -2.27. The van der Waals surface area contributed by atoms with Gasteiger partial charge in [0.25, 0.3) is 0 Å². The quantitative estimate of drug-likeness (QED) is 0.840. The maximum absolute atomic E-state index is 12.1. The van der Waals surface area contributed by atoms with E-state index in [1.165, 1.54) is 25.7 Å². The van der Waals surface area contributed by atoms with Gasteiger partial charge in [0.1, 0.15) is 5.75 Å². The Kier molecular flexibility index (Phi) is 5.24. The van der Waals surface area contributed by atoms with E-state index in [-0.39, 0.29) is 12.1 Å². The lowest BCUT2D eigenvalue weighted by molar-refractivity contribution is 0.223. The third-order valence-corrected chi connectivity index (χ3v) is 5.12. The molecular formula is C17H23BrN2O2. The lowest BCUT2D eigenvalue weighted by atomic mass is 10.0. The molecule has 0 spiro atoms. The van der Waals surface area contributed by atoms with Gasteiger partial charge < -0.3 is 15.4 Å². The molecule has 0 radical (unpaired) electrons. The van der Waals surface area contributed by atoms with Crippen LogP contribution in [0.15, 0.2) is 22.7 Å². The zero-order chi connectivity index (χ0) is 15.4. The van der Waals surface area contributed by atoms with Gasteiger partial charge in [-0.05, 0) is 30.5 Å². The first-order valence-corrected chi connectivity index (χ1v) is 8.98. The van der Waals surface area contributed by atoms with Gasteiger partial charge >= 0.3 is 6.03 Å². The van der Waals surface area contributed by atoms with Gasteiger partial charge in [0.2, 0.25) is 0 Å². The summed E-state index contributed by atoms with van der Waals surface area (Å²) in [5.41, 5.74) is 1.05. The molecule has 0 bridgehead atoms. The average molecular weight is 367 g/mol. The maximum Gasteiger partial charge on any atom is 0.315 e. The summed E-state index contributed by atoms with van der Waals surface area (Å²) in [6.07, 6.45) is 7.26. The van der Waals surface area contributed by atoms with Crippen molar-refractivity contribution in [3.63, 3.8) is 0 Å². The molecule has 22 heavy (non-hydrogen) atoms. The molecule has 3 rings (SSSR count). The molecule has 2 amide bonds. The minimum Gasteiger partial charge on any atom is -0.493 e. The number of carbonyl (C=O) groups is 1. The number of hydrogen-bond donors (Lipinski definition) is 2. The van der Waals surface area contributed by atoms with Crippen LogP contribution in [0.1, 0.15) is 50.1 Å². The number of amides is 2. The number of ether oxygens (including phenoxy) is 1. The number of halogens is 1. The second-order valence-corrected chi connectivity index (χ2v) is 7.13.